The molecule has 4 nitrogen and oxygen atoms in total. The molecule has 0 unspecified atom stereocenters. The van der Waals surface area contributed by atoms with Crippen LogP contribution in [-0.2, 0) is 6.42 Å². The molecular formula is C11H13N2O2+. The van der Waals surface area contributed by atoms with Crippen LogP contribution in [-0.4, -0.2) is 5.27 Å². The van der Waals surface area contributed by atoms with Crippen molar-refractivity contribution in [2.75, 3.05) is 0 Å². The number of aromatic amines is 1. The van der Waals surface area contributed by atoms with Crippen LogP contribution in [0, 0.1) is 0 Å². The van der Waals surface area contributed by atoms with E-state index in [1.54, 1.807) is 4.68 Å². The molecule has 78 valence electrons. The molecule has 0 spiro atoms. The van der Waals surface area contributed by atoms with E-state index in [0.717, 1.165) is 6.42 Å². The predicted molar refractivity (Wildman–Crippen MR) is 54.4 cm³/mol. The van der Waals surface area contributed by atoms with Gasteiger partial charge >= 0.3 is 5.63 Å². The van der Waals surface area contributed by atoms with Crippen LogP contribution >= 0.6 is 0 Å². The Labute approximate surface area is 87.1 Å². The van der Waals surface area contributed by atoms with Gasteiger partial charge < -0.3 is 0 Å². The quantitative estimate of drug-likeness (QED) is 0.762. The van der Waals surface area contributed by atoms with Crippen molar-refractivity contribution in [3.05, 3.63) is 52.5 Å². The molecule has 1 aromatic carbocycles. The number of hydrogen-bond donors (Lipinski definition) is 1. The van der Waals surface area contributed by atoms with Crippen molar-refractivity contribution < 1.29 is 9.20 Å². The summed E-state index contributed by atoms with van der Waals surface area (Å²) in [7, 11) is 0. The first-order valence-corrected chi connectivity index (χ1v) is 4.89. The van der Waals surface area contributed by atoms with Gasteiger partial charge in [-0.25, -0.2) is 4.79 Å². The molecule has 0 saturated carbocycles. The topological polar surface area (TPSA) is 49.9 Å². The fourth-order valence-electron chi connectivity index (χ4n) is 1.53. The lowest BCUT2D eigenvalue weighted by atomic mass is 10.1. The second-order valence-corrected chi connectivity index (χ2v) is 3.59. The molecule has 2 aromatic rings. The molecule has 0 aliphatic heterocycles. The van der Waals surface area contributed by atoms with Crippen LogP contribution in [0.4, 0.5) is 0 Å². The summed E-state index contributed by atoms with van der Waals surface area (Å²) in [4.78, 5) is 10.8. The van der Waals surface area contributed by atoms with Crippen molar-refractivity contribution in [1.82, 2.24) is 5.27 Å². The van der Waals surface area contributed by atoms with Crippen molar-refractivity contribution in [2.45, 2.75) is 19.4 Å². The summed E-state index contributed by atoms with van der Waals surface area (Å²) in [6.45, 7) is 2.03. The summed E-state index contributed by atoms with van der Waals surface area (Å²) in [5.74, 6) is 0. The zero-order valence-electron chi connectivity index (χ0n) is 8.51. The number of nitrogens with one attached hydrogen (secondary N) is 1. The van der Waals surface area contributed by atoms with Crippen LogP contribution in [0.15, 0.2) is 45.8 Å². The molecule has 0 fully saturated rings. The van der Waals surface area contributed by atoms with Crippen molar-refractivity contribution in [1.29, 1.82) is 0 Å². The van der Waals surface area contributed by atoms with Gasteiger partial charge in [0.25, 0.3) is 6.20 Å². The number of H-pyrrole nitrogens is 1. The molecule has 1 heterocycles. The van der Waals surface area contributed by atoms with Crippen LogP contribution < -0.4 is 10.3 Å². The van der Waals surface area contributed by atoms with Gasteiger partial charge in [0, 0.05) is 13.3 Å². The maximum Gasteiger partial charge on any atom is 0.426 e. The molecular weight excluding hydrogens is 192 g/mol. The SMILES string of the molecule is C[C@H](Cc1ccccc1)[n+]1cc(=O)o[nH]1. The van der Waals surface area contributed by atoms with Crippen molar-refractivity contribution in [3.8, 4) is 0 Å². The van der Waals surface area contributed by atoms with Crippen molar-refractivity contribution in [2.24, 2.45) is 0 Å². The Kier molecular flexibility index (Phi) is 2.67. The van der Waals surface area contributed by atoms with Gasteiger partial charge in [-0.15, -0.1) is 0 Å². The monoisotopic (exact) mass is 205 g/mol. The third-order valence-corrected chi connectivity index (χ3v) is 2.34. The highest BCUT2D eigenvalue weighted by atomic mass is 16.5. The Hall–Kier alpha value is -1.84. The second kappa shape index (κ2) is 4.13. The fraction of sp³-hybridized carbons (Fsp3) is 0.273. The van der Waals surface area contributed by atoms with Gasteiger partial charge in [0.15, 0.2) is 6.04 Å². The molecule has 1 aromatic heterocycles. The van der Waals surface area contributed by atoms with E-state index < -0.39 is 0 Å². The van der Waals surface area contributed by atoms with E-state index in [4.69, 9.17) is 0 Å². The van der Waals surface area contributed by atoms with E-state index in [-0.39, 0.29) is 11.7 Å². The molecule has 0 aliphatic carbocycles. The van der Waals surface area contributed by atoms with E-state index >= 15 is 0 Å². The summed E-state index contributed by atoms with van der Waals surface area (Å²) in [5.41, 5.74) is 0.884. The predicted octanol–water partition coefficient (Wildman–Crippen LogP) is 1.06. The first kappa shape index (κ1) is 9.71. The molecule has 1 N–H and O–H groups in total. The zero-order chi connectivity index (χ0) is 10.7. The number of hydrogen-bond acceptors (Lipinski definition) is 2. The molecule has 2 rings (SSSR count). The average molecular weight is 205 g/mol. The number of nitrogens with zero attached hydrogens (tertiary/aromatic N) is 1. The number of rotatable bonds is 3. The van der Waals surface area contributed by atoms with Gasteiger partial charge in [0.2, 0.25) is 0 Å². The summed E-state index contributed by atoms with van der Waals surface area (Å²) in [5, 5.41) is 2.55. The third-order valence-electron chi connectivity index (χ3n) is 2.34. The largest absolute Gasteiger partial charge is 0.426 e. The minimum Gasteiger partial charge on any atom is -0.284 e. The van der Waals surface area contributed by atoms with Gasteiger partial charge in [-0.3, -0.25) is 4.52 Å². The number of benzene rings is 1. The summed E-state index contributed by atoms with van der Waals surface area (Å²) >= 11 is 0. The van der Waals surface area contributed by atoms with E-state index in [0.29, 0.717) is 0 Å². The van der Waals surface area contributed by atoms with Gasteiger partial charge in [0.05, 0.1) is 0 Å². The van der Waals surface area contributed by atoms with E-state index in [1.165, 1.54) is 11.8 Å². The smallest absolute Gasteiger partial charge is 0.284 e. The van der Waals surface area contributed by atoms with Crippen LogP contribution in [0.3, 0.4) is 0 Å². The fourth-order valence-corrected chi connectivity index (χ4v) is 1.53. The molecule has 0 amide bonds. The highest BCUT2D eigenvalue weighted by molar-refractivity contribution is 5.14. The Balaban J connectivity index is 2.10. The van der Waals surface area contributed by atoms with Gasteiger partial charge in [-0.1, -0.05) is 35.0 Å². The van der Waals surface area contributed by atoms with E-state index in [2.05, 4.69) is 21.9 Å². The molecule has 1 atom stereocenters. The highest BCUT2D eigenvalue weighted by Gasteiger charge is 2.16. The zero-order valence-corrected chi connectivity index (χ0v) is 8.51. The summed E-state index contributed by atoms with van der Waals surface area (Å²) in [6.07, 6.45) is 2.29. The molecule has 0 bridgehead atoms. The minimum absolute atomic E-state index is 0.179. The summed E-state index contributed by atoms with van der Waals surface area (Å²) in [6, 6.07) is 10.3. The van der Waals surface area contributed by atoms with Gasteiger partial charge in [0.1, 0.15) is 0 Å². The Morgan fingerprint density at radius 1 is 1.40 bits per heavy atom. The Morgan fingerprint density at radius 2 is 2.13 bits per heavy atom. The van der Waals surface area contributed by atoms with E-state index in [9.17, 15) is 4.79 Å². The molecule has 15 heavy (non-hydrogen) atoms. The first-order valence-electron chi connectivity index (χ1n) is 4.89. The molecule has 0 aliphatic rings. The van der Waals surface area contributed by atoms with Crippen LogP contribution in [0.2, 0.25) is 0 Å². The van der Waals surface area contributed by atoms with Crippen molar-refractivity contribution in [3.63, 3.8) is 0 Å². The third kappa shape index (κ3) is 2.34. The Bertz CT molecular complexity index is 473. The number of aromatic nitrogens is 2. The average Bonchev–Trinajstić information content (AvgIpc) is 2.66. The van der Waals surface area contributed by atoms with Crippen LogP contribution in [0.5, 0.6) is 0 Å². The van der Waals surface area contributed by atoms with Crippen LogP contribution in [0.25, 0.3) is 0 Å². The van der Waals surface area contributed by atoms with E-state index in [1.807, 2.05) is 25.1 Å². The standard InChI is InChI=1S/C11H12N2O2/c1-9(13-8-11(14)15-12-13)7-10-5-3-2-4-6-10/h2-6,8-9H,7H2,1H3/p+1/t9-/m1/s1. The minimum atomic E-state index is -0.352. The highest BCUT2D eigenvalue weighted by Crippen LogP contribution is 2.06. The summed E-state index contributed by atoms with van der Waals surface area (Å²) < 4.78 is 6.28. The van der Waals surface area contributed by atoms with Gasteiger partial charge in [-0.2, -0.15) is 0 Å². The lowest BCUT2D eigenvalue weighted by Crippen LogP contribution is -2.40. The first-order chi connectivity index (χ1) is 7.25. The van der Waals surface area contributed by atoms with Crippen LogP contribution in [0.1, 0.15) is 18.5 Å². The van der Waals surface area contributed by atoms with Gasteiger partial charge in [-0.05, 0) is 10.8 Å². The lowest BCUT2D eigenvalue weighted by Gasteiger charge is -2.02. The van der Waals surface area contributed by atoms with Crippen molar-refractivity contribution >= 4 is 0 Å². The molecule has 4 heteroatoms. The molecule has 0 radical (unpaired) electrons. The second-order valence-electron chi connectivity index (χ2n) is 3.59. The molecule has 0 saturated heterocycles. The Morgan fingerprint density at radius 3 is 2.73 bits per heavy atom. The maximum atomic E-state index is 10.8. The normalized spacial score (nSPS) is 12.6. The lowest BCUT2D eigenvalue weighted by molar-refractivity contribution is -0.782. The maximum absolute atomic E-state index is 10.8.